The molecule has 0 aliphatic rings. The van der Waals surface area contributed by atoms with Crippen LogP contribution in [0.15, 0.2) is 41.3 Å². The van der Waals surface area contributed by atoms with Crippen LogP contribution < -0.4 is 10.9 Å². The highest BCUT2D eigenvalue weighted by atomic mass is 16.3. The number of hydrogen-bond acceptors (Lipinski definition) is 4. The third kappa shape index (κ3) is 3.38. The van der Waals surface area contributed by atoms with Crippen LogP contribution in [-0.2, 0) is 6.42 Å². The summed E-state index contributed by atoms with van der Waals surface area (Å²) in [6.07, 6.45) is 1.77. The highest BCUT2D eigenvalue weighted by Crippen LogP contribution is 2.12. The van der Waals surface area contributed by atoms with Crippen molar-refractivity contribution in [3.63, 3.8) is 0 Å². The van der Waals surface area contributed by atoms with E-state index in [1.165, 1.54) is 6.20 Å². The Morgan fingerprint density at radius 3 is 2.55 bits per heavy atom. The van der Waals surface area contributed by atoms with E-state index in [2.05, 4.69) is 10.3 Å². The normalized spacial score (nSPS) is 10.2. The van der Waals surface area contributed by atoms with Gasteiger partial charge in [0.05, 0.1) is 5.56 Å². The van der Waals surface area contributed by atoms with E-state index in [1.807, 2.05) is 0 Å². The number of pyridine rings is 1. The van der Waals surface area contributed by atoms with Gasteiger partial charge in [-0.1, -0.05) is 12.1 Å². The zero-order chi connectivity index (χ0) is 14.5. The van der Waals surface area contributed by atoms with Crippen molar-refractivity contribution in [2.24, 2.45) is 0 Å². The Morgan fingerprint density at radius 1 is 1.20 bits per heavy atom. The second-order valence-electron chi connectivity index (χ2n) is 4.27. The van der Waals surface area contributed by atoms with Crippen LogP contribution in [-0.4, -0.2) is 27.6 Å². The van der Waals surface area contributed by atoms with Crippen LogP contribution in [0.1, 0.15) is 15.9 Å². The molecule has 4 N–H and O–H groups in total. The lowest BCUT2D eigenvalue weighted by Crippen LogP contribution is -2.26. The third-order valence-electron chi connectivity index (χ3n) is 2.78. The number of aromatic nitrogens is 1. The van der Waals surface area contributed by atoms with Crippen molar-refractivity contribution >= 4 is 5.91 Å². The first-order valence-electron chi connectivity index (χ1n) is 6.04. The molecule has 0 radical (unpaired) electrons. The summed E-state index contributed by atoms with van der Waals surface area (Å²) in [5.74, 6) is -0.621. The zero-order valence-electron chi connectivity index (χ0n) is 10.6. The number of aromatic hydroxyl groups is 2. The number of nitrogens with one attached hydrogen (secondary N) is 2. The quantitative estimate of drug-likeness (QED) is 0.661. The van der Waals surface area contributed by atoms with Crippen LogP contribution in [0.4, 0.5) is 0 Å². The second kappa shape index (κ2) is 5.92. The smallest absolute Gasteiger partial charge is 0.256 e. The largest absolute Gasteiger partial charge is 0.508 e. The Kier molecular flexibility index (Phi) is 4.05. The fourth-order valence-corrected chi connectivity index (χ4v) is 1.72. The highest BCUT2D eigenvalue weighted by molar-refractivity contribution is 5.96. The van der Waals surface area contributed by atoms with Crippen molar-refractivity contribution in [2.75, 3.05) is 6.54 Å². The molecule has 2 aromatic rings. The topological polar surface area (TPSA) is 102 Å². The van der Waals surface area contributed by atoms with Crippen LogP contribution in [0.3, 0.4) is 0 Å². The first-order chi connectivity index (χ1) is 9.56. The van der Waals surface area contributed by atoms with Gasteiger partial charge in [0, 0.05) is 18.8 Å². The van der Waals surface area contributed by atoms with Crippen LogP contribution in [0.25, 0.3) is 0 Å². The minimum atomic E-state index is -0.469. The molecule has 6 nitrogen and oxygen atoms in total. The molecular weight excluding hydrogens is 260 g/mol. The number of carbonyl (C=O) groups excluding carboxylic acids is 1. The lowest BCUT2D eigenvalue weighted by atomic mass is 10.1. The average molecular weight is 274 g/mol. The first-order valence-corrected chi connectivity index (χ1v) is 6.04. The van der Waals surface area contributed by atoms with Crippen LogP contribution in [0, 0.1) is 0 Å². The van der Waals surface area contributed by atoms with Gasteiger partial charge in [-0.15, -0.1) is 0 Å². The van der Waals surface area contributed by atoms with Gasteiger partial charge in [-0.3, -0.25) is 9.59 Å². The van der Waals surface area contributed by atoms with Gasteiger partial charge in [0.25, 0.3) is 11.5 Å². The van der Waals surface area contributed by atoms with E-state index in [1.54, 1.807) is 24.3 Å². The van der Waals surface area contributed by atoms with Gasteiger partial charge >= 0.3 is 0 Å². The van der Waals surface area contributed by atoms with E-state index in [0.29, 0.717) is 13.0 Å². The average Bonchev–Trinajstić information content (AvgIpc) is 2.41. The van der Waals surface area contributed by atoms with E-state index in [-0.39, 0.29) is 17.1 Å². The van der Waals surface area contributed by atoms with Crippen molar-refractivity contribution in [3.8, 4) is 11.5 Å². The summed E-state index contributed by atoms with van der Waals surface area (Å²) in [6.45, 7) is 0.377. The number of H-pyrrole nitrogens is 1. The molecule has 0 unspecified atom stereocenters. The Morgan fingerprint density at radius 2 is 1.90 bits per heavy atom. The number of hydrogen-bond donors (Lipinski definition) is 4. The predicted molar refractivity (Wildman–Crippen MR) is 72.9 cm³/mol. The van der Waals surface area contributed by atoms with E-state index in [0.717, 1.165) is 11.6 Å². The van der Waals surface area contributed by atoms with Gasteiger partial charge in [0.1, 0.15) is 11.5 Å². The lowest BCUT2D eigenvalue weighted by molar-refractivity contribution is 0.0951. The molecule has 0 bridgehead atoms. The van der Waals surface area contributed by atoms with Crippen molar-refractivity contribution in [3.05, 3.63) is 58.0 Å². The molecule has 20 heavy (non-hydrogen) atoms. The molecule has 1 aromatic carbocycles. The number of phenols is 1. The third-order valence-corrected chi connectivity index (χ3v) is 2.78. The van der Waals surface area contributed by atoms with Gasteiger partial charge < -0.3 is 20.5 Å². The Hall–Kier alpha value is -2.76. The van der Waals surface area contributed by atoms with Crippen LogP contribution in [0.5, 0.6) is 11.5 Å². The number of carbonyl (C=O) groups is 1. The van der Waals surface area contributed by atoms with Crippen molar-refractivity contribution in [2.45, 2.75) is 6.42 Å². The van der Waals surface area contributed by atoms with Gasteiger partial charge in [-0.05, 0) is 24.1 Å². The SMILES string of the molecule is O=C(NCCc1ccc(O)cc1)c1c[nH]c(=O)cc1O. The number of aromatic amines is 1. The van der Waals surface area contributed by atoms with Crippen molar-refractivity contribution in [1.82, 2.24) is 10.3 Å². The van der Waals surface area contributed by atoms with E-state index < -0.39 is 11.5 Å². The molecule has 2 rings (SSSR count). The standard InChI is InChI=1S/C14H14N2O4/c17-10-3-1-9(2-4-10)5-6-15-14(20)11-8-16-13(19)7-12(11)18/h1-4,7-8,17H,5-6H2,(H,15,20)(H2,16,18,19). The van der Waals surface area contributed by atoms with E-state index >= 15 is 0 Å². The molecule has 0 aliphatic carbocycles. The molecule has 0 atom stereocenters. The molecule has 0 aliphatic heterocycles. The predicted octanol–water partition coefficient (Wildman–Crippen LogP) is 0.759. The molecule has 6 heteroatoms. The molecular formula is C14H14N2O4. The molecule has 0 saturated heterocycles. The Bertz CT molecular complexity index is 662. The van der Waals surface area contributed by atoms with Gasteiger partial charge in [0.15, 0.2) is 0 Å². The van der Waals surface area contributed by atoms with Gasteiger partial charge in [0.2, 0.25) is 0 Å². The summed E-state index contributed by atoms with van der Waals surface area (Å²) < 4.78 is 0. The molecule has 1 amide bonds. The minimum Gasteiger partial charge on any atom is -0.508 e. The molecule has 1 aromatic heterocycles. The Balaban J connectivity index is 1.92. The summed E-state index contributed by atoms with van der Waals surface area (Å²) in [4.78, 5) is 25.0. The molecule has 0 saturated carbocycles. The maximum Gasteiger partial charge on any atom is 0.256 e. The summed E-state index contributed by atoms with van der Waals surface area (Å²) in [7, 11) is 0. The molecule has 1 heterocycles. The second-order valence-corrected chi connectivity index (χ2v) is 4.27. The summed E-state index contributed by atoms with van der Waals surface area (Å²) in [5, 5.41) is 21.3. The van der Waals surface area contributed by atoms with Crippen LogP contribution in [0.2, 0.25) is 0 Å². The number of amides is 1. The maximum absolute atomic E-state index is 11.8. The van der Waals surface area contributed by atoms with Crippen molar-refractivity contribution < 1.29 is 15.0 Å². The van der Waals surface area contributed by atoms with E-state index in [4.69, 9.17) is 5.11 Å². The highest BCUT2D eigenvalue weighted by Gasteiger charge is 2.10. The fourth-order valence-electron chi connectivity index (χ4n) is 1.72. The van der Waals surface area contributed by atoms with Gasteiger partial charge in [-0.2, -0.15) is 0 Å². The van der Waals surface area contributed by atoms with Crippen LogP contribution >= 0.6 is 0 Å². The number of phenolic OH excluding ortho intramolecular Hbond substituents is 1. The monoisotopic (exact) mass is 274 g/mol. The summed E-state index contributed by atoms with van der Waals surface area (Å²) >= 11 is 0. The maximum atomic E-state index is 11.8. The first kappa shape index (κ1) is 13.7. The molecule has 0 fully saturated rings. The van der Waals surface area contributed by atoms with Gasteiger partial charge in [-0.25, -0.2) is 0 Å². The summed E-state index contributed by atoms with van der Waals surface area (Å²) in [6, 6.07) is 7.63. The number of rotatable bonds is 4. The number of benzene rings is 1. The van der Waals surface area contributed by atoms with Crippen molar-refractivity contribution in [1.29, 1.82) is 0 Å². The fraction of sp³-hybridized carbons (Fsp3) is 0.143. The molecule has 0 spiro atoms. The summed E-state index contributed by atoms with van der Waals surface area (Å²) in [5.41, 5.74) is 0.521. The molecule has 104 valence electrons. The lowest BCUT2D eigenvalue weighted by Gasteiger charge is -2.06. The minimum absolute atomic E-state index is 0.0234. The van der Waals surface area contributed by atoms with E-state index in [9.17, 15) is 14.7 Å². The Labute approximate surface area is 114 Å². The zero-order valence-corrected chi connectivity index (χ0v) is 10.6.